The number of ether oxygens (including phenoxy) is 1. The van der Waals surface area contributed by atoms with E-state index < -0.39 is 6.61 Å². The molecule has 1 aromatic carbocycles. The van der Waals surface area contributed by atoms with Crippen molar-refractivity contribution in [1.29, 1.82) is 0 Å². The zero-order valence-electron chi connectivity index (χ0n) is 9.77. The van der Waals surface area contributed by atoms with Gasteiger partial charge in [0.05, 0.1) is 18.3 Å². The van der Waals surface area contributed by atoms with Gasteiger partial charge in [-0.15, -0.1) is 0 Å². The van der Waals surface area contributed by atoms with Crippen LogP contribution in [-0.2, 0) is 11.2 Å². The number of aromatic nitrogens is 2. The van der Waals surface area contributed by atoms with Crippen LogP contribution in [0, 0.1) is 0 Å². The number of anilines is 1. The predicted octanol–water partition coefficient (Wildman–Crippen LogP) is 2.19. The molecule has 0 unspecified atom stereocenters. The Labute approximate surface area is 107 Å². The van der Waals surface area contributed by atoms with Crippen molar-refractivity contribution < 1.29 is 18.3 Å². The zero-order valence-corrected chi connectivity index (χ0v) is 9.77. The van der Waals surface area contributed by atoms with Gasteiger partial charge in [-0.3, -0.25) is 9.89 Å². The molecule has 0 bridgehead atoms. The Morgan fingerprint density at radius 2 is 2.11 bits per heavy atom. The molecule has 1 amide bonds. The van der Waals surface area contributed by atoms with Crippen molar-refractivity contribution in [2.45, 2.75) is 13.0 Å². The summed E-state index contributed by atoms with van der Waals surface area (Å²) in [5.74, 6) is -0.155. The number of carbonyl (C=O) groups excluding carboxylic acids is 1. The lowest BCUT2D eigenvalue weighted by Crippen LogP contribution is -2.13. The molecule has 1 heterocycles. The standard InChI is InChI=1S/C12H11F2N3O2/c13-12(14)19-10-3-1-8(2-4-10)5-11(18)17-9-6-15-16-7-9/h1-4,6-7,12H,5H2,(H,15,16)(H,17,18). The number of aromatic amines is 1. The number of hydrogen-bond acceptors (Lipinski definition) is 3. The lowest BCUT2D eigenvalue weighted by atomic mass is 10.1. The molecule has 0 aliphatic rings. The summed E-state index contributed by atoms with van der Waals surface area (Å²) in [7, 11) is 0. The molecule has 7 heteroatoms. The van der Waals surface area contributed by atoms with Crippen LogP contribution < -0.4 is 10.1 Å². The Bertz CT molecular complexity index is 526. The van der Waals surface area contributed by atoms with Gasteiger partial charge in [-0.1, -0.05) is 12.1 Å². The molecule has 0 saturated heterocycles. The molecular formula is C12H11F2N3O2. The van der Waals surface area contributed by atoms with Crippen LogP contribution >= 0.6 is 0 Å². The van der Waals surface area contributed by atoms with E-state index in [2.05, 4.69) is 20.3 Å². The van der Waals surface area contributed by atoms with E-state index in [1.165, 1.54) is 18.3 Å². The van der Waals surface area contributed by atoms with Crippen molar-refractivity contribution in [3.8, 4) is 5.75 Å². The second-order valence-electron chi connectivity index (χ2n) is 3.73. The maximum Gasteiger partial charge on any atom is 0.387 e. The van der Waals surface area contributed by atoms with Gasteiger partial charge in [-0.05, 0) is 17.7 Å². The van der Waals surface area contributed by atoms with Crippen LogP contribution in [0.5, 0.6) is 5.75 Å². The van der Waals surface area contributed by atoms with Crippen molar-refractivity contribution >= 4 is 11.6 Å². The third-order valence-electron chi connectivity index (χ3n) is 2.30. The number of hydrogen-bond donors (Lipinski definition) is 2. The second-order valence-corrected chi connectivity index (χ2v) is 3.73. The molecule has 0 radical (unpaired) electrons. The SMILES string of the molecule is O=C(Cc1ccc(OC(F)F)cc1)Nc1cn[nH]c1. The van der Waals surface area contributed by atoms with E-state index in [-0.39, 0.29) is 18.1 Å². The molecule has 5 nitrogen and oxygen atoms in total. The second kappa shape index (κ2) is 5.94. The maximum atomic E-state index is 11.9. The lowest BCUT2D eigenvalue weighted by Gasteiger charge is -2.06. The summed E-state index contributed by atoms with van der Waals surface area (Å²) >= 11 is 0. The molecule has 0 spiro atoms. The number of amides is 1. The smallest absolute Gasteiger partial charge is 0.387 e. The fraction of sp³-hybridized carbons (Fsp3) is 0.167. The Balaban J connectivity index is 1.90. The Kier molecular flexibility index (Phi) is 4.07. The Hall–Kier alpha value is -2.44. The van der Waals surface area contributed by atoms with Gasteiger partial charge in [0.2, 0.25) is 5.91 Å². The molecule has 1 aromatic heterocycles. The van der Waals surface area contributed by atoms with Gasteiger partial charge in [0.25, 0.3) is 0 Å². The summed E-state index contributed by atoms with van der Waals surface area (Å²) in [6, 6.07) is 5.92. The van der Waals surface area contributed by atoms with E-state index in [9.17, 15) is 13.6 Å². The largest absolute Gasteiger partial charge is 0.435 e. The monoisotopic (exact) mass is 267 g/mol. The van der Waals surface area contributed by atoms with Gasteiger partial charge in [0.1, 0.15) is 5.75 Å². The number of rotatable bonds is 5. The van der Waals surface area contributed by atoms with Crippen molar-refractivity contribution in [3.63, 3.8) is 0 Å². The molecule has 0 atom stereocenters. The van der Waals surface area contributed by atoms with E-state index in [1.54, 1.807) is 18.3 Å². The molecule has 0 aliphatic heterocycles. The van der Waals surface area contributed by atoms with Gasteiger partial charge in [-0.2, -0.15) is 13.9 Å². The number of carbonyl (C=O) groups is 1. The number of H-pyrrole nitrogens is 1. The Morgan fingerprint density at radius 1 is 1.37 bits per heavy atom. The highest BCUT2D eigenvalue weighted by Gasteiger charge is 2.07. The normalized spacial score (nSPS) is 10.5. The van der Waals surface area contributed by atoms with Crippen LogP contribution in [0.4, 0.5) is 14.5 Å². The van der Waals surface area contributed by atoms with Crippen molar-refractivity contribution in [2.24, 2.45) is 0 Å². The van der Waals surface area contributed by atoms with Crippen molar-refractivity contribution in [1.82, 2.24) is 10.2 Å². The first kappa shape index (κ1) is 13.0. The van der Waals surface area contributed by atoms with Crippen LogP contribution in [0.1, 0.15) is 5.56 Å². The summed E-state index contributed by atoms with van der Waals surface area (Å²) in [5.41, 5.74) is 1.27. The van der Waals surface area contributed by atoms with Crippen LogP contribution in [-0.4, -0.2) is 22.7 Å². The molecule has 2 rings (SSSR count). The predicted molar refractivity (Wildman–Crippen MR) is 64.0 cm³/mol. The molecule has 0 fully saturated rings. The quantitative estimate of drug-likeness (QED) is 0.872. The minimum absolute atomic E-state index is 0.0639. The van der Waals surface area contributed by atoms with Crippen molar-refractivity contribution in [3.05, 3.63) is 42.2 Å². The molecule has 2 aromatic rings. The minimum atomic E-state index is -2.85. The third kappa shape index (κ3) is 4.06. The van der Waals surface area contributed by atoms with Crippen LogP contribution in [0.2, 0.25) is 0 Å². The summed E-state index contributed by atoms with van der Waals surface area (Å²) < 4.78 is 28.1. The molecule has 0 aliphatic carbocycles. The fourth-order valence-corrected chi connectivity index (χ4v) is 1.50. The van der Waals surface area contributed by atoms with Gasteiger partial charge in [0, 0.05) is 6.20 Å². The van der Waals surface area contributed by atoms with E-state index in [1.807, 2.05) is 0 Å². The number of halogens is 2. The maximum absolute atomic E-state index is 11.9. The first-order valence-corrected chi connectivity index (χ1v) is 5.46. The molecule has 2 N–H and O–H groups in total. The van der Waals surface area contributed by atoms with Crippen LogP contribution in [0.3, 0.4) is 0 Å². The van der Waals surface area contributed by atoms with E-state index >= 15 is 0 Å². The van der Waals surface area contributed by atoms with E-state index in [0.717, 1.165) is 0 Å². The first-order chi connectivity index (χ1) is 9.13. The zero-order chi connectivity index (χ0) is 13.7. The first-order valence-electron chi connectivity index (χ1n) is 5.46. The van der Waals surface area contributed by atoms with Crippen molar-refractivity contribution in [2.75, 3.05) is 5.32 Å². The summed E-state index contributed by atoms with van der Waals surface area (Å²) in [6.07, 6.45) is 3.18. The Morgan fingerprint density at radius 3 is 2.68 bits per heavy atom. The number of alkyl halides is 2. The fourth-order valence-electron chi connectivity index (χ4n) is 1.50. The highest BCUT2D eigenvalue weighted by molar-refractivity contribution is 5.91. The van der Waals surface area contributed by atoms with Gasteiger partial charge in [-0.25, -0.2) is 0 Å². The van der Waals surface area contributed by atoms with Crippen LogP contribution in [0.15, 0.2) is 36.7 Å². The molecule has 0 saturated carbocycles. The highest BCUT2D eigenvalue weighted by atomic mass is 19.3. The van der Waals surface area contributed by atoms with Gasteiger partial charge < -0.3 is 10.1 Å². The highest BCUT2D eigenvalue weighted by Crippen LogP contribution is 2.15. The average molecular weight is 267 g/mol. The summed E-state index contributed by atoms with van der Waals surface area (Å²) in [6.45, 7) is -2.85. The van der Waals surface area contributed by atoms with E-state index in [4.69, 9.17) is 0 Å². The summed E-state index contributed by atoms with van der Waals surface area (Å²) in [4.78, 5) is 11.6. The molecule has 19 heavy (non-hydrogen) atoms. The molecule has 100 valence electrons. The number of nitrogens with zero attached hydrogens (tertiary/aromatic N) is 1. The minimum Gasteiger partial charge on any atom is -0.435 e. The van der Waals surface area contributed by atoms with Crippen LogP contribution in [0.25, 0.3) is 0 Å². The number of benzene rings is 1. The average Bonchev–Trinajstić information content (AvgIpc) is 2.83. The van der Waals surface area contributed by atoms with Gasteiger partial charge in [0.15, 0.2) is 0 Å². The van der Waals surface area contributed by atoms with E-state index in [0.29, 0.717) is 11.3 Å². The topological polar surface area (TPSA) is 67.0 Å². The van der Waals surface area contributed by atoms with Gasteiger partial charge >= 0.3 is 6.61 Å². The third-order valence-corrected chi connectivity index (χ3v) is 2.30. The lowest BCUT2D eigenvalue weighted by molar-refractivity contribution is -0.115. The molecular weight excluding hydrogens is 256 g/mol. The summed E-state index contributed by atoms with van der Waals surface area (Å²) in [5, 5.41) is 8.90. The number of nitrogens with one attached hydrogen (secondary N) is 2.